The van der Waals surface area contributed by atoms with Crippen LogP contribution in [0.15, 0.2) is 85.2 Å². The van der Waals surface area contributed by atoms with Crippen molar-refractivity contribution < 1.29 is 86.9 Å². The van der Waals surface area contributed by atoms with Gasteiger partial charge in [0.15, 0.2) is 5.78 Å². The molecule has 3 saturated heterocycles. The molecule has 15 atom stereocenters. The summed E-state index contributed by atoms with van der Waals surface area (Å²) < 4.78 is 0. The number of ketones is 1. The number of H-pyrrole nitrogens is 2. The molecule has 39 nitrogen and oxygen atoms in total. The van der Waals surface area contributed by atoms with Crippen molar-refractivity contribution >= 4 is 128 Å². The van der Waals surface area contributed by atoms with Crippen LogP contribution in [0.3, 0.4) is 0 Å². The number of hydrogen-bond donors (Lipinski definition) is 18. The predicted octanol–water partition coefficient (Wildman–Crippen LogP) is -1.93. The first-order chi connectivity index (χ1) is 61.1. The monoisotopic (exact) mass is 1800 g/mol. The van der Waals surface area contributed by atoms with Crippen molar-refractivity contribution in [3.05, 3.63) is 102 Å². The van der Waals surface area contributed by atoms with Crippen LogP contribution in [-0.4, -0.2) is 302 Å². The third-order valence-electron chi connectivity index (χ3n) is 23.7. The largest absolute Gasteiger partial charge is 0.508 e. The maximum Gasteiger partial charge on any atom is 0.245 e. The summed E-state index contributed by atoms with van der Waals surface area (Å²) in [6, 6.07) is 1.76. The minimum Gasteiger partial charge on any atom is -0.508 e. The number of hydrogen-bond acceptors (Lipinski definition) is 23. The molecule has 5 heterocycles. The number of para-hydroxylation sites is 2. The minimum atomic E-state index is -1.56. The maximum atomic E-state index is 15.8. The number of phenolic OH excluding ortho intramolecular Hbond substituents is 1. The molecule has 3 aliphatic rings. The molecule has 8 rings (SSSR count). The zero-order chi connectivity index (χ0) is 93.8. The smallest absolute Gasteiger partial charge is 0.245 e. The number of nitrogens with one attached hydrogen (secondary N) is 11. The van der Waals surface area contributed by atoms with Crippen molar-refractivity contribution in [3.63, 3.8) is 0 Å². The standard InChI is InChI=1S/C88H129N21O18S/c1-9-11-22-69-82(121)99-62(30-33-90)80(119)104-68(78(117)96-45-74(93)113)47-128-48-75(114)97-65(37-51-25-27-55(110)28-26-51)84(123)105(6)50(5)76(115)100-63(31-34-91)86(125)108-35-17-24-70(108)83(122)103-67(42-92)81(120)101-64(36-49(3)4)87(126)109-46-56(111)41-72(109)73(112)40-52(38-53-43-94-59-20-15-13-18-57(53)59)77(116)98-61(29-32-89)79(118)102-66(39-54-44-95-60-21-16-14-19-58(54)60)85(124)107(8)71(23-12-10-2)88(127)106(69)7/h13-16,18-21,25-28,43-44,49-50,52,56,61-72,94-95,110-111H,9-12,17,22-24,29-42,45-48,89-92H2,1-8H3,(H2,93,113)(H,96,117)(H,97,114)(H,98,116)(H,99,121)(H,100,115)(H,101,120)(H,102,118)(H,103,122)(H,104,119)/t50-,52+,56+,61-,62-,63-,64-,65-,66-,67-,68-,69-,70-,71-,72-/m0/s1. The fourth-order valence-electron chi connectivity index (χ4n) is 16.4. The van der Waals surface area contributed by atoms with Gasteiger partial charge in [-0.25, -0.2) is 0 Å². The van der Waals surface area contributed by atoms with Crippen molar-refractivity contribution in [1.29, 1.82) is 0 Å². The number of Topliss-reactive ketones (excluding diaryl/α,β-unsaturated/α-hetero) is 1. The van der Waals surface area contributed by atoms with Crippen LogP contribution in [0.25, 0.3) is 21.8 Å². The number of carbonyl (C=O) groups is 16. The summed E-state index contributed by atoms with van der Waals surface area (Å²) in [5.41, 5.74) is 33.1. The molecule has 0 radical (unpaired) electrons. The zero-order valence-corrected chi connectivity index (χ0v) is 75.0. The van der Waals surface area contributed by atoms with Gasteiger partial charge in [-0.1, -0.05) is 102 Å². The molecule has 15 amide bonds. The third-order valence-corrected chi connectivity index (χ3v) is 24.7. The van der Waals surface area contributed by atoms with Gasteiger partial charge >= 0.3 is 0 Å². The topological polar surface area (TPSA) is 600 Å². The highest BCUT2D eigenvalue weighted by molar-refractivity contribution is 8.00. The van der Waals surface area contributed by atoms with Crippen molar-refractivity contribution in [2.45, 2.75) is 228 Å². The number of fused-ring (bicyclic) bond motifs is 4. The van der Waals surface area contributed by atoms with E-state index in [0.717, 1.165) is 21.6 Å². The first-order valence-corrected chi connectivity index (χ1v) is 45.1. The summed E-state index contributed by atoms with van der Waals surface area (Å²) in [4.78, 5) is 248. The molecule has 5 aromatic rings. The number of nitrogens with two attached hydrogens (primary N) is 5. The van der Waals surface area contributed by atoms with Crippen LogP contribution in [0, 0.1) is 11.8 Å². The number of aromatic amines is 2. The molecule has 0 aliphatic carbocycles. The van der Waals surface area contributed by atoms with Gasteiger partial charge in [-0.15, -0.1) is 11.8 Å². The summed E-state index contributed by atoms with van der Waals surface area (Å²) >= 11 is 0.806. The van der Waals surface area contributed by atoms with Gasteiger partial charge in [0.2, 0.25) is 88.6 Å². The van der Waals surface area contributed by atoms with Gasteiger partial charge in [0.1, 0.15) is 78.3 Å². The quantitative estimate of drug-likeness (QED) is 0.0320. The van der Waals surface area contributed by atoms with Gasteiger partial charge < -0.3 is 121 Å². The number of amides is 15. The van der Waals surface area contributed by atoms with Crippen LogP contribution in [0.2, 0.25) is 0 Å². The first kappa shape index (κ1) is 102. The van der Waals surface area contributed by atoms with E-state index in [9.17, 15) is 53.4 Å². The molecule has 3 aromatic carbocycles. The molecule has 700 valence electrons. The maximum absolute atomic E-state index is 15.8. The van der Waals surface area contributed by atoms with Crippen LogP contribution < -0.4 is 76.5 Å². The second kappa shape index (κ2) is 49.1. The predicted molar refractivity (Wildman–Crippen MR) is 479 cm³/mol. The Labute approximate surface area is 748 Å². The molecule has 0 bridgehead atoms. The number of carbonyl (C=O) groups excluding carboxylic acids is 16. The average Bonchev–Trinajstić information content (AvgIpc) is 1.65. The van der Waals surface area contributed by atoms with Crippen LogP contribution >= 0.6 is 11.8 Å². The Morgan fingerprint density at radius 2 is 1.05 bits per heavy atom. The number of likely N-dealkylation sites (N-methyl/N-ethyl adjacent to an activating group) is 3. The zero-order valence-electron chi connectivity index (χ0n) is 74.2. The van der Waals surface area contributed by atoms with Crippen LogP contribution in [-0.2, 0) is 96.0 Å². The fourth-order valence-corrected chi connectivity index (χ4v) is 17.2. The molecule has 3 aliphatic heterocycles. The minimum absolute atomic E-state index is 0.00940. The molecule has 0 saturated carbocycles. The van der Waals surface area contributed by atoms with Crippen LogP contribution in [0.4, 0.5) is 0 Å². The van der Waals surface area contributed by atoms with E-state index in [1.54, 1.807) is 50.5 Å². The number of thioether (sulfide) groups is 1. The second-order valence-corrected chi connectivity index (χ2v) is 34.7. The van der Waals surface area contributed by atoms with E-state index >= 15 is 33.6 Å². The number of aromatic hydroxyl groups is 1. The van der Waals surface area contributed by atoms with Crippen LogP contribution in [0.5, 0.6) is 5.75 Å². The van der Waals surface area contributed by atoms with Crippen LogP contribution in [0.1, 0.15) is 141 Å². The molecule has 0 unspecified atom stereocenters. The van der Waals surface area contributed by atoms with E-state index in [4.69, 9.17) is 28.7 Å². The Morgan fingerprint density at radius 3 is 1.65 bits per heavy atom. The lowest BCUT2D eigenvalue weighted by Crippen LogP contribution is -2.61. The Hall–Kier alpha value is -11.6. The third kappa shape index (κ3) is 27.7. The van der Waals surface area contributed by atoms with Gasteiger partial charge in [-0.05, 0) is 131 Å². The number of aliphatic hydroxyl groups excluding tert-OH is 1. The molecule has 128 heavy (non-hydrogen) atoms. The number of benzene rings is 3. The molecule has 2 aromatic heterocycles. The fraction of sp³-hybridized carbons (Fsp3) is 0.568. The number of aliphatic hydroxyl groups is 1. The molecule has 23 N–H and O–H groups in total. The normalized spacial score (nSPS) is 25.6. The number of rotatable bonds is 24. The summed E-state index contributed by atoms with van der Waals surface area (Å²) in [6.45, 7) is 6.53. The lowest BCUT2D eigenvalue weighted by Gasteiger charge is -2.36. The van der Waals surface area contributed by atoms with Crippen molar-refractivity contribution in [3.8, 4) is 5.75 Å². The van der Waals surface area contributed by atoms with Crippen molar-refractivity contribution in [2.75, 3.05) is 78.5 Å². The molecule has 0 spiro atoms. The van der Waals surface area contributed by atoms with E-state index in [1.165, 1.54) is 67.0 Å². The second-order valence-electron chi connectivity index (χ2n) is 33.6. The summed E-state index contributed by atoms with van der Waals surface area (Å²) in [6.07, 6.45) is 2.36. The van der Waals surface area contributed by atoms with Gasteiger partial charge in [0.25, 0.3) is 0 Å². The van der Waals surface area contributed by atoms with Gasteiger partial charge in [0.05, 0.1) is 24.4 Å². The first-order valence-electron chi connectivity index (χ1n) is 43.9. The molecular weight excluding hydrogens is 1670 g/mol. The van der Waals surface area contributed by atoms with Gasteiger partial charge in [-0.2, -0.15) is 0 Å². The number of primary amides is 1. The highest BCUT2D eigenvalue weighted by Crippen LogP contribution is 2.30. The highest BCUT2D eigenvalue weighted by Gasteiger charge is 2.46. The molecular formula is C88H129N21O18S. The summed E-state index contributed by atoms with van der Waals surface area (Å²) in [7, 11) is 4.06. The van der Waals surface area contributed by atoms with Gasteiger partial charge in [0, 0.05) is 112 Å². The summed E-state index contributed by atoms with van der Waals surface area (Å²) in [5.74, 6) is -15.8. The number of aromatic nitrogens is 2. The lowest BCUT2D eigenvalue weighted by atomic mass is 9.90. The van der Waals surface area contributed by atoms with E-state index < -0.39 is 210 Å². The Kier molecular flexibility index (Phi) is 39.1. The number of phenols is 1. The van der Waals surface area contributed by atoms with Crippen molar-refractivity contribution in [1.82, 2.24) is 82.3 Å². The SMILES string of the molecule is CCCC[C@H]1C(=O)N(C)[C@@H](CCCC)C(=O)N[C@@H](CCN)C(=O)N[C@H](C(=O)NCC(N)=O)CSCC(=O)N[C@@H](Cc2ccc(O)cc2)C(=O)N(C)[C@@H](C)C(=O)N[C@@H](CCN)C(=O)N2CCC[C@H]2C(=O)N[C@@H](CN)C(=O)N[C@@H](CC(C)C)C(=O)N2C[C@H](O)C[C@H]2C(=O)C[C@@H](Cc2c[nH]c3ccccc23)C(=O)N[C@@H](CCN)C(=O)N[C@@H](Cc2c[nH]c3ccccc23)C(=O)N1C. The van der Waals surface area contributed by atoms with Crippen molar-refractivity contribution in [2.24, 2.45) is 40.5 Å². The van der Waals surface area contributed by atoms with E-state index in [0.29, 0.717) is 64.2 Å². The number of nitrogens with zero attached hydrogens (tertiary/aromatic N) is 5. The van der Waals surface area contributed by atoms with E-state index in [-0.39, 0.29) is 127 Å². The lowest BCUT2D eigenvalue weighted by molar-refractivity contribution is -0.149. The Balaban J connectivity index is 1.17. The van der Waals surface area contributed by atoms with E-state index in [2.05, 4.69) is 57.8 Å². The Morgan fingerprint density at radius 1 is 0.539 bits per heavy atom. The number of unbranched alkanes of at least 4 members (excludes halogenated alkanes) is 2. The average molecular weight is 1800 g/mol. The summed E-state index contributed by atoms with van der Waals surface area (Å²) in [5, 5.41) is 47.2. The highest BCUT2D eigenvalue weighted by atomic mass is 32.2. The van der Waals surface area contributed by atoms with Gasteiger partial charge in [-0.3, -0.25) is 76.7 Å². The Bertz CT molecular complexity index is 4720. The molecule has 3 fully saturated rings. The van der Waals surface area contributed by atoms with E-state index in [1.807, 2.05) is 38.1 Å². The molecule has 40 heteroatoms.